The molecule has 1 fully saturated rings. The number of pyridine rings is 1. The van der Waals surface area contributed by atoms with Gasteiger partial charge in [-0.05, 0) is 31.0 Å². The Balaban J connectivity index is 0.000000419. The fraction of sp³-hybridized carbons (Fsp3) is 0.263. The summed E-state index contributed by atoms with van der Waals surface area (Å²) in [7, 11) is 0. The first kappa shape index (κ1) is 19.9. The smallest absolute Gasteiger partial charge is 0.275 e. The topological polar surface area (TPSA) is 136 Å². The molecule has 150 valence electrons. The molecule has 0 spiro atoms. The lowest BCUT2D eigenvalue weighted by Gasteiger charge is -2.12. The number of amides is 1. The van der Waals surface area contributed by atoms with Gasteiger partial charge in [0.1, 0.15) is 6.26 Å². The van der Waals surface area contributed by atoms with Gasteiger partial charge in [-0.2, -0.15) is 10.2 Å². The van der Waals surface area contributed by atoms with Gasteiger partial charge in [0.15, 0.2) is 5.69 Å². The molecule has 29 heavy (non-hydrogen) atoms. The monoisotopic (exact) mass is 394 g/mol. The van der Waals surface area contributed by atoms with Crippen molar-refractivity contribution in [1.82, 2.24) is 25.1 Å². The third-order valence-corrected chi connectivity index (χ3v) is 4.07. The predicted molar refractivity (Wildman–Crippen MR) is 108 cm³/mol. The standard InChI is InChI=1S/C16H18N6O2.C3H4N2/c17-5-6-19-21-13-4-3-12(18-10-13)9-15-20-14(11-24-15)16(23)22-7-1-2-8-22;1-2-4-5-3-1/h3-6,10-11,17,21H,1-2,7-9H2;1-3H,(H,4,5)/b17-5?,19-6-;. The van der Waals surface area contributed by atoms with Crippen molar-refractivity contribution < 1.29 is 9.21 Å². The van der Waals surface area contributed by atoms with Gasteiger partial charge in [0.05, 0.1) is 24.5 Å². The summed E-state index contributed by atoms with van der Waals surface area (Å²) in [4.78, 5) is 22.6. The molecule has 1 saturated heterocycles. The van der Waals surface area contributed by atoms with Crippen molar-refractivity contribution in [2.45, 2.75) is 19.3 Å². The quantitative estimate of drug-likeness (QED) is 0.434. The molecule has 0 bridgehead atoms. The summed E-state index contributed by atoms with van der Waals surface area (Å²) in [5.41, 5.74) is 4.60. The Bertz CT molecular complexity index is 895. The van der Waals surface area contributed by atoms with Crippen LogP contribution in [0.1, 0.15) is 34.9 Å². The fourth-order valence-corrected chi connectivity index (χ4v) is 2.69. The lowest BCUT2D eigenvalue weighted by Crippen LogP contribution is -2.27. The van der Waals surface area contributed by atoms with Crippen LogP contribution >= 0.6 is 0 Å². The van der Waals surface area contributed by atoms with E-state index in [0.717, 1.165) is 37.8 Å². The number of carbonyl (C=O) groups is 1. The van der Waals surface area contributed by atoms with Crippen LogP contribution in [0.3, 0.4) is 0 Å². The van der Waals surface area contributed by atoms with Crippen molar-refractivity contribution in [3.05, 3.63) is 60.3 Å². The van der Waals surface area contributed by atoms with Gasteiger partial charge in [0, 0.05) is 37.4 Å². The molecule has 1 amide bonds. The first-order valence-electron chi connectivity index (χ1n) is 9.17. The van der Waals surface area contributed by atoms with Gasteiger partial charge >= 0.3 is 0 Å². The molecule has 10 nitrogen and oxygen atoms in total. The number of hydrogen-bond donors (Lipinski definition) is 3. The molecular weight excluding hydrogens is 372 g/mol. The lowest BCUT2D eigenvalue weighted by atomic mass is 10.2. The summed E-state index contributed by atoms with van der Waals surface area (Å²) < 4.78 is 5.40. The van der Waals surface area contributed by atoms with Gasteiger partial charge in [0.25, 0.3) is 5.91 Å². The first-order chi connectivity index (χ1) is 14.3. The highest BCUT2D eigenvalue weighted by molar-refractivity contribution is 6.14. The maximum absolute atomic E-state index is 12.2. The van der Waals surface area contributed by atoms with Gasteiger partial charge in [-0.1, -0.05) is 0 Å². The third-order valence-electron chi connectivity index (χ3n) is 4.07. The second-order valence-corrected chi connectivity index (χ2v) is 6.16. The minimum atomic E-state index is -0.0703. The van der Waals surface area contributed by atoms with Gasteiger partial charge in [0.2, 0.25) is 5.89 Å². The summed E-state index contributed by atoms with van der Waals surface area (Å²) in [6.07, 6.45) is 11.4. The van der Waals surface area contributed by atoms with E-state index in [9.17, 15) is 4.79 Å². The average molecular weight is 394 g/mol. The van der Waals surface area contributed by atoms with Crippen molar-refractivity contribution in [3.63, 3.8) is 0 Å². The van der Waals surface area contributed by atoms with E-state index in [1.165, 1.54) is 12.5 Å². The molecule has 1 aliphatic heterocycles. The van der Waals surface area contributed by atoms with E-state index in [4.69, 9.17) is 9.83 Å². The molecule has 4 rings (SSSR count). The molecule has 0 radical (unpaired) electrons. The van der Waals surface area contributed by atoms with E-state index in [1.807, 2.05) is 18.2 Å². The second-order valence-electron chi connectivity index (χ2n) is 6.16. The number of rotatable bonds is 6. The van der Waals surface area contributed by atoms with Crippen LogP contribution in [0.25, 0.3) is 0 Å². The minimum absolute atomic E-state index is 0.0703. The zero-order chi connectivity index (χ0) is 20.3. The zero-order valence-corrected chi connectivity index (χ0v) is 15.8. The van der Waals surface area contributed by atoms with Crippen molar-refractivity contribution in [3.8, 4) is 0 Å². The molecule has 3 aromatic heterocycles. The summed E-state index contributed by atoms with van der Waals surface area (Å²) in [5, 5.41) is 16.9. The Labute approximate surface area is 167 Å². The van der Waals surface area contributed by atoms with Crippen LogP contribution in [-0.4, -0.2) is 56.5 Å². The molecule has 3 aromatic rings. The normalized spacial score (nSPS) is 13.2. The molecule has 0 aliphatic carbocycles. The van der Waals surface area contributed by atoms with Crippen molar-refractivity contribution in [2.24, 2.45) is 5.10 Å². The van der Waals surface area contributed by atoms with Crippen LogP contribution in [0.2, 0.25) is 0 Å². The molecule has 0 saturated carbocycles. The van der Waals surface area contributed by atoms with Gasteiger partial charge in [-0.15, -0.1) is 0 Å². The summed E-state index contributed by atoms with van der Waals surface area (Å²) >= 11 is 0. The Kier molecular flexibility index (Phi) is 7.21. The first-order valence-corrected chi connectivity index (χ1v) is 9.17. The summed E-state index contributed by atoms with van der Waals surface area (Å²) in [6, 6.07) is 5.48. The van der Waals surface area contributed by atoms with Crippen molar-refractivity contribution in [2.75, 3.05) is 18.5 Å². The Hall–Kier alpha value is -3.82. The summed E-state index contributed by atoms with van der Waals surface area (Å²) in [5.74, 6) is 0.395. The van der Waals surface area contributed by atoms with E-state index in [2.05, 4.69) is 30.7 Å². The minimum Gasteiger partial charge on any atom is -0.448 e. The van der Waals surface area contributed by atoms with Crippen LogP contribution < -0.4 is 5.43 Å². The number of carbonyl (C=O) groups excluding carboxylic acids is 1. The number of hydrogen-bond acceptors (Lipinski definition) is 8. The summed E-state index contributed by atoms with van der Waals surface area (Å²) in [6.45, 7) is 1.58. The number of anilines is 1. The maximum Gasteiger partial charge on any atom is 0.275 e. The number of aromatic nitrogens is 4. The highest BCUT2D eigenvalue weighted by atomic mass is 16.3. The van der Waals surface area contributed by atoms with Crippen molar-refractivity contribution in [1.29, 1.82) is 5.41 Å². The predicted octanol–water partition coefficient (Wildman–Crippen LogP) is 2.35. The SMILES string of the molecule is N=C/C=N\Nc1ccc(Cc2nc(C(=O)N3CCCC3)co2)nc1.c1cn[nH]c1. The van der Waals surface area contributed by atoms with Crippen LogP contribution in [0, 0.1) is 5.41 Å². The number of nitrogens with one attached hydrogen (secondary N) is 3. The molecular formula is C19H22N8O2. The number of H-pyrrole nitrogens is 1. The van der Waals surface area contributed by atoms with E-state index in [-0.39, 0.29) is 5.91 Å². The molecule has 3 N–H and O–H groups in total. The van der Waals surface area contributed by atoms with Gasteiger partial charge in [-0.3, -0.25) is 20.3 Å². The average Bonchev–Trinajstić information content (AvgIpc) is 3.53. The van der Waals surface area contributed by atoms with E-state index < -0.39 is 0 Å². The van der Waals surface area contributed by atoms with Crippen LogP contribution in [0.4, 0.5) is 5.69 Å². The fourth-order valence-electron chi connectivity index (χ4n) is 2.69. The number of nitrogens with zero attached hydrogens (tertiary/aromatic N) is 5. The lowest BCUT2D eigenvalue weighted by molar-refractivity contribution is 0.0787. The number of hydrazone groups is 1. The van der Waals surface area contributed by atoms with E-state index in [1.54, 1.807) is 23.5 Å². The highest BCUT2D eigenvalue weighted by Gasteiger charge is 2.22. The number of aromatic amines is 1. The maximum atomic E-state index is 12.2. The Morgan fingerprint density at radius 2 is 2.24 bits per heavy atom. The van der Waals surface area contributed by atoms with Crippen LogP contribution in [0.15, 0.2) is 52.6 Å². The molecule has 0 unspecified atom stereocenters. The van der Waals surface area contributed by atoms with Crippen LogP contribution in [-0.2, 0) is 6.42 Å². The van der Waals surface area contributed by atoms with E-state index in [0.29, 0.717) is 23.7 Å². The Morgan fingerprint density at radius 1 is 1.38 bits per heavy atom. The number of likely N-dealkylation sites (tertiary alicyclic amines) is 1. The van der Waals surface area contributed by atoms with Gasteiger partial charge < -0.3 is 14.7 Å². The second kappa shape index (κ2) is 10.5. The largest absolute Gasteiger partial charge is 0.448 e. The molecule has 4 heterocycles. The Morgan fingerprint density at radius 3 is 2.86 bits per heavy atom. The van der Waals surface area contributed by atoms with Crippen molar-refractivity contribution >= 4 is 24.0 Å². The molecule has 10 heteroatoms. The highest BCUT2D eigenvalue weighted by Crippen LogP contribution is 2.15. The zero-order valence-electron chi connectivity index (χ0n) is 15.8. The number of oxazole rings is 1. The molecule has 0 atom stereocenters. The molecule has 1 aliphatic rings. The van der Waals surface area contributed by atoms with Crippen LogP contribution in [0.5, 0.6) is 0 Å². The van der Waals surface area contributed by atoms with E-state index >= 15 is 0 Å². The van der Waals surface area contributed by atoms with Gasteiger partial charge in [-0.25, -0.2) is 4.98 Å². The molecule has 0 aromatic carbocycles. The third kappa shape index (κ3) is 6.09.